The Morgan fingerprint density at radius 3 is 2.83 bits per heavy atom. The highest BCUT2D eigenvalue weighted by atomic mass is 16.5. The highest BCUT2D eigenvalue weighted by Gasteiger charge is 2.24. The van der Waals surface area contributed by atoms with E-state index < -0.39 is 5.97 Å². The van der Waals surface area contributed by atoms with E-state index in [1.54, 1.807) is 27.0 Å². The molecule has 0 bridgehead atoms. The van der Waals surface area contributed by atoms with Gasteiger partial charge in [-0.25, -0.2) is 9.78 Å². The number of nitrogens with one attached hydrogen (secondary N) is 1. The number of carbonyl (C=O) groups is 1. The number of carbonyl (C=O) groups excluding carboxylic acids is 1. The normalized spacial score (nSPS) is 10.8. The molecule has 0 radical (unpaired) electrons. The predicted molar refractivity (Wildman–Crippen MR) is 88.8 cm³/mol. The summed E-state index contributed by atoms with van der Waals surface area (Å²) in [5.74, 6) is 1.10. The summed E-state index contributed by atoms with van der Waals surface area (Å²) in [6.45, 7) is 6.00. The SMILES string of the molecule is CCOC(=O)c1c(C)oc2nc(C)nc(NCc3ccccn3)c12. The van der Waals surface area contributed by atoms with Gasteiger partial charge in [-0.15, -0.1) is 0 Å². The first kappa shape index (κ1) is 15.9. The lowest BCUT2D eigenvalue weighted by atomic mass is 10.2. The van der Waals surface area contributed by atoms with E-state index in [1.165, 1.54) is 0 Å². The van der Waals surface area contributed by atoms with Crippen LogP contribution in [0.5, 0.6) is 0 Å². The molecule has 0 aliphatic heterocycles. The number of nitrogens with zero attached hydrogens (tertiary/aromatic N) is 3. The molecule has 3 aromatic heterocycles. The van der Waals surface area contributed by atoms with E-state index in [4.69, 9.17) is 9.15 Å². The van der Waals surface area contributed by atoms with Gasteiger partial charge >= 0.3 is 5.97 Å². The molecule has 124 valence electrons. The van der Waals surface area contributed by atoms with Crippen LogP contribution in [0, 0.1) is 13.8 Å². The van der Waals surface area contributed by atoms with Crippen molar-refractivity contribution in [2.45, 2.75) is 27.3 Å². The van der Waals surface area contributed by atoms with Crippen LogP contribution in [0.2, 0.25) is 0 Å². The summed E-state index contributed by atoms with van der Waals surface area (Å²) in [7, 11) is 0. The molecule has 1 N–H and O–H groups in total. The fourth-order valence-corrected chi connectivity index (χ4v) is 2.47. The standard InChI is InChI=1S/C17H18N4O3/c1-4-23-17(22)13-10(2)24-16-14(13)15(20-11(3)21-16)19-9-12-7-5-6-8-18-12/h5-8H,4,9H2,1-3H3,(H,19,20,21). The summed E-state index contributed by atoms with van der Waals surface area (Å²) < 4.78 is 10.8. The number of rotatable bonds is 5. The summed E-state index contributed by atoms with van der Waals surface area (Å²) in [6, 6.07) is 5.68. The predicted octanol–water partition coefficient (Wildman–Crippen LogP) is 3.02. The highest BCUT2D eigenvalue weighted by Crippen LogP contribution is 2.30. The summed E-state index contributed by atoms with van der Waals surface area (Å²) in [6.07, 6.45) is 1.73. The molecule has 0 saturated carbocycles. The minimum Gasteiger partial charge on any atom is -0.462 e. The molecule has 3 rings (SSSR count). The maximum atomic E-state index is 12.3. The molecule has 0 amide bonds. The average Bonchev–Trinajstić information content (AvgIpc) is 2.89. The summed E-state index contributed by atoms with van der Waals surface area (Å²) >= 11 is 0. The monoisotopic (exact) mass is 326 g/mol. The first-order valence-electron chi connectivity index (χ1n) is 7.68. The molecule has 0 aliphatic carbocycles. The fourth-order valence-electron chi connectivity index (χ4n) is 2.47. The third kappa shape index (κ3) is 3.05. The quantitative estimate of drug-likeness (QED) is 0.721. The number of aromatic nitrogens is 3. The van der Waals surface area contributed by atoms with Gasteiger partial charge in [-0.05, 0) is 32.9 Å². The molecule has 7 nitrogen and oxygen atoms in total. The third-order valence-electron chi connectivity index (χ3n) is 3.48. The van der Waals surface area contributed by atoms with Crippen molar-refractivity contribution in [2.24, 2.45) is 0 Å². The second-order valence-electron chi connectivity index (χ2n) is 5.23. The van der Waals surface area contributed by atoms with Gasteiger partial charge in [0.05, 0.1) is 24.2 Å². The lowest BCUT2D eigenvalue weighted by Gasteiger charge is -2.08. The van der Waals surface area contributed by atoms with E-state index >= 15 is 0 Å². The molecule has 0 fully saturated rings. The average molecular weight is 326 g/mol. The summed E-state index contributed by atoms with van der Waals surface area (Å²) in [4.78, 5) is 25.2. The fraction of sp³-hybridized carbons (Fsp3) is 0.294. The number of hydrogen-bond donors (Lipinski definition) is 1. The Hall–Kier alpha value is -2.96. The van der Waals surface area contributed by atoms with E-state index in [9.17, 15) is 4.79 Å². The molecule has 7 heteroatoms. The number of anilines is 1. The molecule has 0 atom stereocenters. The Morgan fingerprint density at radius 2 is 2.12 bits per heavy atom. The number of pyridine rings is 1. The molecule has 0 unspecified atom stereocenters. The Kier molecular flexibility index (Phi) is 4.41. The number of fused-ring (bicyclic) bond motifs is 1. The van der Waals surface area contributed by atoms with Crippen molar-refractivity contribution in [3.05, 3.63) is 47.2 Å². The molecule has 0 saturated heterocycles. The van der Waals surface area contributed by atoms with E-state index in [-0.39, 0.29) is 6.61 Å². The van der Waals surface area contributed by atoms with Gasteiger partial charge in [0.15, 0.2) is 0 Å². The van der Waals surface area contributed by atoms with E-state index in [0.29, 0.717) is 40.6 Å². The van der Waals surface area contributed by atoms with Gasteiger partial charge in [0.1, 0.15) is 23.0 Å². The van der Waals surface area contributed by atoms with Crippen molar-refractivity contribution < 1.29 is 13.9 Å². The van der Waals surface area contributed by atoms with Crippen LogP contribution in [0.4, 0.5) is 5.82 Å². The highest BCUT2D eigenvalue weighted by molar-refractivity contribution is 6.07. The van der Waals surface area contributed by atoms with Crippen LogP contribution >= 0.6 is 0 Å². The Labute approximate surface area is 139 Å². The maximum Gasteiger partial charge on any atom is 0.342 e. The zero-order valence-corrected chi connectivity index (χ0v) is 13.8. The van der Waals surface area contributed by atoms with Crippen LogP contribution < -0.4 is 5.32 Å². The topological polar surface area (TPSA) is 90.1 Å². The van der Waals surface area contributed by atoms with Crippen molar-refractivity contribution in [1.82, 2.24) is 15.0 Å². The molecule has 3 aromatic rings. The zero-order chi connectivity index (χ0) is 17.1. The van der Waals surface area contributed by atoms with Gasteiger partial charge < -0.3 is 14.5 Å². The van der Waals surface area contributed by atoms with Gasteiger partial charge in [-0.3, -0.25) is 4.98 Å². The smallest absolute Gasteiger partial charge is 0.342 e. The van der Waals surface area contributed by atoms with E-state index in [0.717, 1.165) is 5.69 Å². The molecular formula is C17H18N4O3. The van der Waals surface area contributed by atoms with Crippen LogP contribution in [0.3, 0.4) is 0 Å². The first-order valence-corrected chi connectivity index (χ1v) is 7.68. The van der Waals surface area contributed by atoms with Gasteiger partial charge in [-0.1, -0.05) is 6.07 Å². The Balaban J connectivity index is 2.03. The van der Waals surface area contributed by atoms with Gasteiger partial charge in [0.2, 0.25) is 5.71 Å². The Bertz CT molecular complexity index is 874. The zero-order valence-electron chi connectivity index (χ0n) is 13.8. The van der Waals surface area contributed by atoms with Gasteiger partial charge in [0.25, 0.3) is 0 Å². The summed E-state index contributed by atoms with van der Waals surface area (Å²) in [5, 5.41) is 3.75. The van der Waals surface area contributed by atoms with Crippen LogP contribution in [0.15, 0.2) is 28.8 Å². The van der Waals surface area contributed by atoms with Gasteiger partial charge in [-0.2, -0.15) is 4.98 Å². The maximum absolute atomic E-state index is 12.3. The van der Waals surface area contributed by atoms with Crippen molar-refractivity contribution in [2.75, 3.05) is 11.9 Å². The number of hydrogen-bond acceptors (Lipinski definition) is 7. The van der Waals surface area contributed by atoms with Gasteiger partial charge in [0, 0.05) is 6.20 Å². The first-order chi connectivity index (χ1) is 11.6. The van der Waals surface area contributed by atoms with Crippen LogP contribution in [0.1, 0.15) is 34.6 Å². The second-order valence-corrected chi connectivity index (χ2v) is 5.23. The number of aryl methyl sites for hydroxylation is 2. The summed E-state index contributed by atoms with van der Waals surface area (Å²) in [5.41, 5.74) is 1.58. The molecule has 0 aromatic carbocycles. The second kappa shape index (κ2) is 6.66. The minimum absolute atomic E-state index is 0.286. The van der Waals surface area contributed by atoms with Crippen molar-refractivity contribution >= 4 is 22.9 Å². The van der Waals surface area contributed by atoms with Crippen LogP contribution in [0.25, 0.3) is 11.1 Å². The van der Waals surface area contributed by atoms with Crippen molar-refractivity contribution in [3.63, 3.8) is 0 Å². The largest absolute Gasteiger partial charge is 0.462 e. The van der Waals surface area contributed by atoms with Crippen LogP contribution in [-0.4, -0.2) is 27.5 Å². The molecule has 0 spiro atoms. The van der Waals surface area contributed by atoms with E-state index in [2.05, 4.69) is 20.3 Å². The Morgan fingerprint density at radius 1 is 1.29 bits per heavy atom. The van der Waals surface area contributed by atoms with E-state index in [1.807, 2.05) is 18.2 Å². The molecular weight excluding hydrogens is 308 g/mol. The lowest BCUT2D eigenvalue weighted by Crippen LogP contribution is -2.09. The number of esters is 1. The third-order valence-corrected chi connectivity index (χ3v) is 3.48. The number of ether oxygens (including phenoxy) is 1. The number of furan rings is 1. The minimum atomic E-state index is -0.443. The molecule has 0 aliphatic rings. The van der Waals surface area contributed by atoms with Crippen LogP contribution in [-0.2, 0) is 11.3 Å². The lowest BCUT2D eigenvalue weighted by molar-refractivity contribution is 0.0526. The molecule has 24 heavy (non-hydrogen) atoms. The molecule has 3 heterocycles. The van der Waals surface area contributed by atoms with Crippen molar-refractivity contribution in [1.29, 1.82) is 0 Å². The van der Waals surface area contributed by atoms with Crippen molar-refractivity contribution in [3.8, 4) is 0 Å².